The highest BCUT2D eigenvalue weighted by atomic mass is 16.5. The van der Waals surface area contributed by atoms with Gasteiger partial charge < -0.3 is 20.1 Å². The summed E-state index contributed by atoms with van der Waals surface area (Å²) in [4.78, 5) is 25.8. The Kier molecular flexibility index (Phi) is 6.78. The van der Waals surface area contributed by atoms with Crippen molar-refractivity contribution in [1.82, 2.24) is 0 Å². The van der Waals surface area contributed by atoms with Gasteiger partial charge >= 0.3 is 0 Å². The summed E-state index contributed by atoms with van der Waals surface area (Å²) in [5, 5.41) is 7.52. The lowest BCUT2D eigenvalue weighted by Gasteiger charge is -2.15. The molecule has 0 aliphatic heterocycles. The SMILES string of the molecule is COc1ccccc1NC(=O)c1cc2ccccc2cc1OCC(=O)Nc1cc(C)cc(C)c1. The molecule has 0 atom stereocenters. The normalized spacial score (nSPS) is 10.6. The van der Waals surface area contributed by atoms with Crippen LogP contribution in [0.1, 0.15) is 21.5 Å². The van der Waals surface area contributed by atoms with E-state index in [0.29, 0.717) is 28.4 Å². The van der Waals surface area contributed by atoms with Crippen molar-refractivity contribution in [2.75, 3.05) is 24.4 Å². The highest BCUT2D eigenvalue weighted by molar-refractivity contribution is 6.09. The molecule has 2 amide bonds. The van der Waals surface area contributed by atoms with E-state index in [-0.39, 0.29) is 18.4 Å². The number of hydrogen-bond donors (Lipinski definition) is 2. The van der Waals surface area contributed by atoms with Gasteiger partial charge in [0.15, 0.2) is 6.61 Å². The van der Waals surface area contributed by atoms with Crippen molar-refractivity contribution in [2.24, 2.45) is 0 Å². The molecule has 0 heterocycles. The van der Waals surface area contributed by atoms with Gasteiger partial charge in [-0.2, -0.15) is 0 Å². The fourth-order valence-electron chi connectivity index (χ4n) is 3.84. The van der Waals surface area contributed by atoms with Crippen LogP contribution in [-0.4, -0.2) is 25.5 Å². The van der Waals surface area contributed by atoms with Crippen LogP contribution in [0, 0.1) is 13.8 Å². The fraction of sp³-hybridized carbons (Fsp3) is 0.143. The lowest BCUT2D eigenvalue weighted by molar-refractivity contribution is -0.118. The average Bonchev–Trinajstić information content (AvgIpc) is 2.81. The molecule has 0 saturated heterocycles. The number of hydrogen-bond acceptors (Lipinski definition) is 4. The van der Waals surface area contributed by atoms with Crippen LogP contribution < -0.4 is 20.1 Å². The molecule has 6 heteroatoms. The number of ether oxygens (including phenoxy) is 2. The summed E-state index contributed by atoms with van der Waals surface area (Å²) in [6.45, 7) is 3.71. The first kappa shape index (κ1) is 22.9. The third kappa shape index (κ3) is 5.35. The summed E-state index contributed by atoms with van der Waals surface area (Å²) >= 11 is 0. The smallest absolute Gasteiger partial charge is 0.262 e. The quantitative estimate of drug-likeness (QED) is 0.374. The van der Waals surface area contributed by atoms with Gasteiger partial charge in [-0.05, 0) is 72.1 Å². The van der Waals surface area contributed by atoms with E-state index in [9.17, 15) is 9.59 Å². The molecule has 0 aliphatic rings. The highest BCUT2D eigenvalue weighted by Crippen LogP contribution is 2.29. The van der Waals surface area contributed by atoms with Crippen LogP contribution in [0.4, 0.5) is 11.4 Å². The Balaban J connectivity index is 1.57. The standard InChI is InChI=1S/C28H26N2O4/c1-18-12-19(2)14-22(13-18)29-27(31)17-34-26-16-21-9-5-4-8-20(21)15-23(26)28(32)30-24-10-6-7-11-25(24)33-3/h4-16H,17H2,1-3H3,(H,29,31)(H,30,32). The molecule has 0 aliphatic carbocycles. The van der Waals surface area contributed by atoms with Crippen molar-refractivity contribution in [3.05, 3.63) is 95.6 Å². The predicted octanol–water partition coefficient (Wildman–Crippen LogP) is 5.74. The monoisotopic (exact) mass is 454 g/mol. The van der Waals surface area contributed by atoms with E-state index >= 15 is 0 Å². The van der Waals surface area contributed by atoms with Crippen LogP contribution >= 0.6 is 0 Å². The van der Waals surface area contributed by atoms with E-state index in [1.165, 1.54) is 0 Å². The van der Waals surface area contributed by atoms with Gasteiger partial charge in [0.2, 0.25) is 0 Å². The Labute approximate surface area is 198 Å². The fourth-order valence-corrected chi connectivity index (χ4v) is 3.84. The van der Waals surface area contributed by atoms with E-state index in [1.54, 1.807) is 31.4 Å². The number of anilines is 2. The molecule has 4 aromatic carbocycles. The Morgan fingerprint density at radius 1 is 0.765 bits per heavy atom. The minimum absolute atomic E-state index is 0.236. The van der Waals surface area contributed by atoms with Gasteiger partial charge in [-0.25, -0.2) is 0 Å². The zero-order chi connectivity index (χ0) is 24.1. The number of benzene rings is 4. The molecule has 6 nitrogen and oxygen atoms in total. The molecular weight excluding hydrogens is 428 g/mol. The van der Waals surface area contributed by atoms with Crippen LogP contribution in [0.5, 0.6) is 11.5 Å². The number of fused-ring (bicyclic) bond motifs is 1. The maximum absolute atomic E-state index is 13.2. The molecule has 0 unspecified atom stereocenters. The van der Waals surface area contributed by atoms with Crippen molar-refractivity contribution in [3.8, 4) is 11.5 Å². The molecule has 0 spiro atoms. The van der Waals surface area contributed by atoms with E-state index < -0.39 is 0 Å². The number of rotatable bonds is 7. The van der Waals surface area contributed by atoms with Gasteiger partial charge in [-0.1, -0.05) is 42.5 Å². The van der Waals surface area contributed by atoms with Crippen LogP contribution in [-0.2, 0) is 4.79 Å². The molecule has 0 radical (unpaired) electrons. The van der Waals surface area contributed by atoms with Crippen LogP contribution in [0.3, 0.4) is 0 Å². The summed E-state index contributed by atoms with van der Waals surface area (Å²) in [7, 11) is 1.55. The van der Waals surface area contributed by atoms with Gasteiger partial charge in [0.1, 0.15) is 11.5 Å². The molecule has 0 aromatic heterocycles. The zero-order valence-electron chi connectivity index (χ0n) is 19.3. The number of amides is 2. The second-order valence-corrected chi connectivity index (χ2v) is 8.06. The topological polar surface area (TPSA) is 76.7 Å². The summed E-state index contributed by atoms with van der Waals surface area (Å²) in [5.74, 6) is 0.197. The first-order chi connectivity index (χ1) is 16.4. The van der Waals surface area contributed by atoms with Gasteiger partial charge in [-0.3, -0.25) is 9.59 Å². The maximum atomic E-state index is 13.2. The summed E-state index contributed by atoms with van der Waals surface area (Å²) in [6, 6.07) is 24.2. The molecule has 172 valence electrons. The van der Waals surface area contributed by atoms with Gasteiger partial charge in [0.25, 0.3) is 11.8 Å². The Morgan fingerprint density at radius 3 is 2.12 bits per heavy atom. The van der Waals surface area contributed by atoms with Crippen LogP contribution in [0.2, 0.25) is 0 Å². The number of carbonyl (C=O) groups excluding carboxylic acids is 2. The molecule has 34 heavy (non-hydrogen) atoms. The molecule has 0 bridgehead atoms. The first-order valence-corrected chi connectivity index (χ1v) is 10.9. The molecular formula is C28H26N2O4. The number of methoxy groups -OCH3 is 1. The largest absolute Gasteiger partial charge is 0.495 e. The van der Waals surface area contributed by atoms with Crippen molar-refractivity contribution >= 4 is 34.0 Å². The molecule has 0 fully saturated rings. The molecule has 2 N–H and O–H groups in total. The summed E-state index contributed by atoms with van der Waals surface area (Å²) in [6.07, 6.45) is 0. The minimum atomic E-state index is -0.361. The van der Waals surface area contributed by atoms with Gasteiger partial charge in [-0.15, -0.1) is 0 Å². The molecule has 4 aromatic rings. The number of aryl methyl sites for hydroxylation is 2. The zero-order valence-corrected chi connectivity index (χ0v) is 19.3. The number of para-hydroxylation sites is 2. The van der Waals surface area contributed by atoms with Crippen LogP contribution in [0.15, 0.2) is 78.9 Å². The van der Waals surface area contributed by atoms with Crippen molar-refractivity contribution in [2.45, 2.75) is 13.8 Å². The van der Waals surface area contributed by atoms with Crippen molar-refractivity contribution < 1.29 is 19.1 Å². The number of nitrogens with one attached hydrogen (secondary N) is 2. The second-order valence-electron chi connectivity index (χ2n) is 8.06. The molecule has 4 rings (SSSR count). The Morgan fingerprint density at radius 2 is 1.41 bits per heavy atom. The van der Waals surface area contributed by atoms with E-state index in [1.807, 2.05) is 68.4 Å². The van der Waals surface area contributed by atoms with E-state index in [0.717, 1.165) is 21.9 Å². The molecule has 0 saturated carbocycles. The van der Waals surface area contributed by atoms with Crippen LogP contribution in [0.25, 0.3) is 10.8 Å². The van der Waals surface area contributed by atoms with E-state index in [4.69, 9.17) is 9.47 Å². The maximum Gasteiger partial charge on any atom is 0.262 e. The summed E-state index contributed by atoms with van der Waals surface area (Å²) in [5.41, 5.74) is 3.69. The Hall–Kier alpha value is -4.32. The first-order valence-electron chi connectivity index (χ1n) is 10.9. The number of carbonyl (C=O) groups is 2. The average molecular weight is 455 g/mol. The summed E-state index contributed by atoms with van der Waals surface area (Å²) < 4.78 is 11.2. The van der Waals surface area contributed by atoms with E-state index in [2.05, 4.69) is 10.6 Å². The second kappa shape index (κ2) is 10.1. The lowest BCUT2D eigenvalue weighted by atomic mass is 10.1. The third-order valence-electron chi connectivity index (χ3n) is 5.31. The van der Waals surface area contributed by atoms with Gasteiger partial charge in [0, 0.05) is 5.69 Å². The minimum Gasteiger partial charge on any atom is -0.495 e. The van der Waals surface area contributed by atoms with Gasteiger partial charge in [0.05, 0.1) is 18.4 Å². The highest BCUT2D eigenvalue weighted by Gasteiger charge is 2.17. The predicted molar refractivity (Wildman–Crippen MR) is 135 cm³/mol. The van der Waals surface area contributed by atoms with Crippen molar-refractivity contribution in [1.29, 1.82) is 0 Å². The Bertz CT molecular complexity index is 1340. The lowest BCUT2D eigenvalue weighted by Crippen LogP contribution is -2.22. The third-order valence-corrected chi connectivity index (χ3v) is 5.31. The van der Waals surface area contributed by atoms with Crippen molar-refractivity contribution in [3.63, 3.8) is 0 Å².